The van der Waals surface area contributed by atoms with Crippen LogP contribution in [0.25, 0.3) is 11.0 Å². The summed E-state index contributed by atoms with van der Waals surface area (Å²) >= 11 is 1.32. The van der Waals surface area contributed by atoms with E-state index in [-0.39, 0.29) is 11.3 Å². The average molecular weight is 325 g/mol. The Bertz CT molecular complexity index is 921. The van der Waals surface area contributed by atoms with Crippen molar-refractivity contribution in [3.63, 3.8) is 0 Å². The molecule has 4 rings (SSSR count). The lowest BCUT2D eigenvalue weighted by atomic mass is 10.1. The van der Waals surface area contributed by atoms with Gasteiger partial charge in [0.25, 0.3) is 0 Å². The van der Waals surface area contributed by atoms with Crippen LogP contribution in [0.5, 0.6) is 0 Å². The molecular weight excluding hydrogens is 310 g/mol. The number of ketones is 1. The van der Waals surface area contributed by atoms with Gasteiger partial charge in [-0.3, -0.25) is 4.79 Å². The number of hydrogen-bond acceptors (Lipinski definition) is 5. The van der Waals surface area contributed by atoms with Gasteiger partial charge < -0.3 is 9.32 Å². The highest BCUT2D eigenvalue weighted by atomic mass is 32.1. The normalized spacial score (nSPS) is 14.5. The summed E-state index contributed by atoms with van der Waals surface area (Å²) in [6.07, 6.45) is 2.38. The Morgan fingerprint density at radius 3 is 2.70 bits per heavy atom. The Hall–Kier alpha value is -2.40. The van der Waals surface area contributed by atoms with Crippen molar-refractivity contribution in [1.29, 1.82) is 0 Å². The van der Waals surface area contributed by atoms with Gasteiger partial charge in [0.1, 0.15) is 11.1 Å². The Labute approximate surface area is 137 Å². The van der Waals surface area contributed by atoms with Crippen LogP contribution < -0.4 is 10.5 Å². The molecular formula is C18H15NO3S. The van der Waals surface area contributed by atoms with Gasteiger partial charge in [-0.2, -0.15) is 0 Å². The topological polar surface area (TPSA) is 50.5 Å². The van der Waals surface area contributed by atoms with Crippen molar-refractivity contribution in [3.8, 4) is 0 Å². The number of fused-ring (bicyclic) bond motifs is 1. The molecule has 1 aromatic carbocycles. The van der Waals surface area contributed by atoms with Crippen LogP contribution in [0.15, 0.2) is 51.0 Å². The molecule has 0 amide bonds. The smallest absolute Gasteiger partial charge is 0.347 e. The highest BCUT2D eigenvalue weighted by molar-refractivity contribution is 7.12. The Morgan fingerprint density at radius 2 is 1.96 bits per heavy atom. The number of benzene rings is 1. The third-order valence-corrected chi connectivity index (χ3v) is 5.05. The number of rotatable bonds is 3. The summed E-state index contributed by atoms with van der Waals surface area (Å²) in [7, 11) is 0. The zero-order valence-electron chi connectivity index (χ0n) is 12.5. The summed E-state index contributed by atoms with van der Waals surface area (Å²) in [5, 5.41) is 2.59. The second kappa shape index (κ2) is 5.66. The van der Waals surface area contributed by atoms with Crippen LogP contribution in [0.2, 0.25) is 0 Å². The fraction of sp³-hybridized carbons (Fsp3) is 0.222. The first-order valence-electron chi connectivity index (χ1n) is 7.63. The van der Waals surface area contributed by atoms with E-state index in [0.29, 0.717) is 10.5 Å². The molecule has 0 atom stereocenters. The largest absolute Gasteiger partial charge is 0.422 e. The summed E-state index contributed by atoms with van der Waals surface area (Å²) in [6.45, 7) is 2.06. The maximum absolute atomic E-state index is 12.4. The number of nitrogens with zero attached hydrogens (tertiary/aromatic N) is 1. The summed E-state index contributed by atoms with van der Waals surface area (Å²) in [5.74, 6) is -0.278. The van der Waals surface area contributed by atoms with E-state index >= 15 is 0 Å². The molecule has 3 aromatic rings. The van der Waals surface area contributed by atoms with Crippen LogP contribution in [0.3, 0.4) is 0 Å². The van der Waals surface area contributed by atoms with E-state index in [4.69, 9.17) is 4.42 Å². The van der Waals surface area contributed by atoms with E-state index in [9.17, 15) is 9.59 Å². The van der Waals surface area contributed by atoms with E-state index in [2.05, 4.69) is 4.90 Å². The lowest BCUT2D eigenvalue weighted by molar-refractivity contribution is 0.103. The summed E-state index contributed by atoms with van der Waals surface area (Å²) in [6, 6.07) is 11.0. The molecule has 0 bridgehead atoms. The first kappa shape index (κ1) is 14.2. The molecule has 2 aromatic heterocycles. The third-order valence-electron chi connectivity index (χ3n) is 4.18. The molecule has 1 saturated heterocycles. The molecule has 5 heteroatoms. The van der Waals surface area contributed by atoms with Gasteiger partial charge in [0.05, 0.1) is 4.88 Å². The monoisotopic (exact) mass is 325 g/mol. The van der Waals surface area contributed by atoms with Crippen molar-refractivity contribution in [1.82, 2.24) is 0 Å². The zero-order valence-corrected chi connectivity index (χ0v) is 13.3. The van der Waals surface area contributed by atoms with Gasteiger partial charge in [0.2, 0.25) is 5.78 Å². The molecule has 4 nitrogen and oxygen atoms in total. The van der Waals surface area contributed by atoms with Gasteiger partial charge in [-0.25, -0.2) is 4.79 Å². The molecule has 3 heterocycles. The van der Waals surface area contributed by atoms with E-state index < -0.39 is 5.63 Å². The molecule has 0 radical (unpaired) electrons. The van der Waals surface area contributed by atoms with Crippen molar-refractivity contribution in [2.75, 3.05) is 18.0 Å². The standard InChI is InChI=1S/C18H15NO3S/c20-17(16-4-3-9-23-16)14-10-12-5-6-13(19-7-1-2-8-19)11-15(12)22-18(14)21/h3-6,9-11H,1-2,7-8H2. The van der Waals surface area contributed by atoms with E-state index in [1.54, 1.807) is 18.2 Å². The van der Waals surface area contributed by atoms with Crippen molar-refractivity contribution in [2.24, 2.45) is 0 Å². The summed E-state index contributed by atoms with van der Waals surface area (Å²) in [4.78, 5) is 27.4. The van der Waals surface area contributed by atoms with Crippen LogP contribution in [0.4, 0.5) is 5.69 Å². The first-order chi connectivity index (χ1) is 11.2. The van der Waals surface area contributed by atoms with Gasteiger partial charge in [0.15, 0.2) is 0 Å². The molecule has 1 aliphatic rings. The fourth-order valence-electron chi connectivity index (χ4n) is 2.97. The predicted octanol–water partition coefficient (Wildman–Crippen LogP) is 3.69. The predicted molar refractivity (Wildman–Crippen MR) is 91.7 cm³/mol. The maximum atomic E-state index is 12.4. The second-order valence-electron chi connectivity index (χ2n) is 5.67. The van der Waals surface area contributed by atoms with E-state index in [1.807, 2.05) is 23.6 Å². The number of anilines is 1. The number of carbonyl (C=O) groups is 1. The van der Waals surface area contributed by atoms with E-state index in [1.165, 1.54) is 24.2 Å². The number of hydrogen-bond donors (Lipinski definition) is 0. The average Bonchev–Trinajstić information content (AvgIpc) is 3.26. The highest BCUT2D eigenvalue weighted by Crippen LogP contribution is 2.25. The van der Waals surface area contributed by atoms with Gasteiger partial charge >= 0.3 is 5.63 Å². The summed E-state index contributed by atoms with van der Waals surface area (Å²) < 4.78 is 5.41. The van der Waals surface area contributed by atoms with Crippen LogP contribution in [0, 0.1) is 0 Å². The lowest BCUT2D eigenvalue weighted by Gasteiger charge is -2.17. The molecule has 23 heavy (non-hydrogen) atoms. The number of thiophene rings is 1. The Balaban J connectivity index is 1.77. The fourth-order valence-corrected chi connectivity index (χ4v) is 3.65. The van der Waals surface area contributed by atoms with Gasteiger partial charge in [0, 0.05) is 30.2 Å². The molecule has 1 fully saturated rings. The van der Waals surface area contributed by atoms with Crippen molar-refractivity contribution in [3.05, 3.63) is 62.6 Å². The second-order valence-corrected chi connectivity index (χ2v) is 6.62. The Morgan fingerprint density at radius 1 is 1.13 bits per heavy atom. The van der Waals surface area contributed by atoms with E-state index in [0.717, 1.165) is 24.2 Å². The SMILES string of the molecule is O=C(c1cccs1)c1cc2ccc(N3CCCC3)cc2oc1=O. The molecule has 0 saturated carbocycles. The third kappa shape index (κ3) is 2.57. The molecule has 0 unspecified atom stereocenters. The van der Waals surface area contributed by atoms with Crippen LogP contribution >= 0.6 is 11.3 Å². The number of carbonyl (C=O) groups excluding carboxylic acids is 1. The zero-order chi connectivity index (χ0) is 15.8. The van der Waals surface area contributed by atoms with Crippen LogP contribution in [-0.2, 0) is 0 Å². The Kier molecular flexibility index (Phi) is 3.50. The van der Waals surface area contributed by atoms with Crippen LogP contribution in [-0.4, -0.2) is 18.9 Å². The minimum absolute atomic E-state index is 0.0915. The molecule has 1 aliphatic heterocycles. The quantitative estimate of drug-likeness (QED) is 0.544. The molecule has 116 valence electrons. The van der Waals surface area contributed by atoms with Crippen LogP contribution in [0.1, 0.15) is 28.1 Å². The lowest BCUT2D eigenvalue weighted by Crippen LogP contribution is -2.17. The van der Waals surface area contributed by atoms with Crippen molar-refractivity contribution in [2.45, 2.75) is 12.8 Å². The summed E-state index contributed by atoms with van der Waals surface area (Å²) in [5.41, 5.74) is 1.11. The highest BCUT2D eigenvalue weighted by Gasteiger charge is 2.18. The molecule has 0 aliphatic carbocycles. The maximum Gasteiger partial charge on any atom is 0.347 e. The first-order valence-corrected chi connectivity index (χ1v) is 8.51. The van der Waals surface area contributed by atoms with Crippen molar-refractivity contribution >= 4 is 33.8 Å². The van der Waals surface area contributed by atoms with Crippen molar-refractivity contribution < 1.29 is 9.21 Å². The van der Waals surface area contributed by atoms with Gasteiger partial charge in [-0.15, -0.1) is 11.3 Å². The minimum atomic E-state index is -0.575. The minimum Gasteiger partial charge on any atom is -0.422 e. The molecule has 0 spiro atoms. The van der Waals surface area contributed by atoms with Gasteiger partial charge in [-0.05, 0) is 42.5 Å². The molecule has 0 N–H and O–H groups in total. The van der Waals surface area contributed by atoms with Gasteiger partial charge in [-0.1, -0.05) is 6.07 Å².